The summed E-state index contributed by atoms with van der Waals surface area (Å²) in [5, 5.41) is 0.0930. The first-order valence-electron chi connectivity index (χ1n) is 5.28. The van der Waals surface area contributed by atoms with E-state index >= 15 is 0 Å². The fraction of sp³-hybridized carbons (Fsp3) is 0.600. The number of hydrogen-bond donors (Lipinski definition) is 1. The second kappa shape index (κ2) is 4.43. The molecule has 5 nitrogen and oxygen atoms in total. The number of aromatic amines is 1. The Morgan fingerprint density at radius 2 is 2.25 bits per heavy atom. The Hall–Kier alpha value is -1.07. The van der Waals surface area contributed by atoms with Gasteiger partial charge >= 0.3 is 5.69 Å². The Morgan fingerprint density at radius 3 is 2.88 bits per heavy atom. The van der Waals surface area contributed by atoms with E-state index in [1.807, 2.05) is 7.05 Å². The number of piperidine rings is 1. The third-order valence-electron chi connectivity index (χ3n) is 2.90. The molecule has 0 bridgehead atoms. The van der Waals surface area contributed by atoms with Gasteiger partial charge in [0.25, 0.3) is 5.56 Å². The summed E-state index contributed by atoms with van der Waals surface area (Å²) in [7, 11) is 1.99. The topological polar surface area (TPSA) is 58.1 Å². The predicted octanol–water partition coefficient (Wildman–Crippen LogP) is 0.457. The van der Waals surface area contributed by atoms with E-state index in [2.05, 4.69) is 9.88 Å². The van der Waals surface area contributed by atoms with Crippen LogP contribution in [-0.4, -0.2) is 34.6 Å². The number of aromatic nitrogens is 2. The second-order valence-electron chi connectivity index (χ2n) is 4.19. The zero-order valence-electron chi connectivity index (χ0n) is 9.07. The van der Waals surface area contributed by atoms with Gasteiger partial charge < -0.3 is 4.90 Å². The number of rotatable bonds is 1. The van der Waals surface area contributed by atoms with Gasteiger partial charge in [-0.1, -0.05) is 11.6 Å². The van der Waals surface area contributed by atoms with E-state index in [4.69, 9.17) is 11.6 Å². The fourth-order valence-corrected chi connectivity index (χ4v) is 2.35. The highest BCUT2D eigenvalue weighted by atomic mass is 35.5. The number of H-pyrrole nitrogens is 1. The first-order valence-corrected chi connectivity index (χ1v) is 5.65. The molecule has 16 heavy (non-hydrogen) atoms. The summed E-state index contributed by atoms with van der Waals surface area (Å²) in [4.78, 5) is 27.9. The SMILES string of the molecule is CN1CCCC(n2c(=O)cc(Cl)[nH]c2=O)C1. The number of likely N-dealkylation sites (tertiary alicyclic amines) is 1. The Bertz CT molecular complexity index is 462. The van der Waals surface area contributed by atoms with Gasteiger partial charge in [-0.2, -0.15) is 0 Å². The van der Waals surface area contributed by atoms with E-state index in [0.29, 0.717) is 0 Å². The van der Waals surface area contributed by atoms with Crippen LogP contribution in [0, 0.1) is 0 Å². The molecule has 88 valence electrons. The molecular weight excluding hydrogens is 230 g/mol. The minimum atomic E-state index is -0.419. The van der Waals surface area contributed by atoms with Gasteiger partial charge in [0.05, 0.1) is 6.04 Å². The summed E-state index contributed by atoms with van der Waals surface area (Å²) < 4.78 is 1.27. The molecule has 1 aromatic heterocycles. The minimum Gasteiger partial charge on any atom is -0.304 e. The molecule has 0 amide bonds. The van der Waals surface area contributed by atoms with Crippen LogP contribution < -0.4 is 11.2 Å². The summed E-state index contributed by atoms with van der Waals surface area (Å²) in [5.41, 5.74) is -0.744. The molecule has 1 atom stereocenters. The van der Waals surface area contributed by atoms with Crippen molar-refractivity contribution in [3.63, 3.8) is 0 Å². The van der Waals surface area contributed by atoms with Crippen LogP contribution in [0.25, 0.3) is 0 Å². The number of hydrogen-bond acceptors (Lipinski definition) is 3. The predicted molar refractivity (Wildman–Crippen MR) is 62.1 cm³/mol. The van der Waals surface area contributed by atoms with Gasteiger partial charge in [-0.3, -0.25) is 14.3 Å². The molecule has 2 heterocycles. The Balaban J connectivity index is 2.40. The Labute approximate surface area is 97.7 Å². The van der Waals surface area contributed by atoms with Gasteiger partial charge in [-0.05, 0) is 26.4 Å². The maximum absolute atomic E-state index is 11.7. The van der Waals surface area contributed by atoms with Crippen molar-refractivity contribution in [2.24, 2.45) is 0 Å². The molecule has 1 unspecified atom stereocenters. The third-order valence-corrected chi connectivity index (χ3v) is 3.10. The van der Waals surface area contributed by atoms with Gasteiger partial charge in [0.2, 0.25) is 0 Å². The molecule has 0 saturated carbocycles. The van der Waals surface area contributed by atoms with Crippen LogP contribution >= 0.6 is 11.6 Å². The van der Waals surface area contributed by atoms with Crippen molar-refractivity contribution < 1.29 is 0 Å². The number of nitrogens with one attached hydrogen (secondary N) is 1. The molecule has 0 aromatic carbocycles. The molecule has 0 spiro atoms. The molecule has 1 N–H and O–H groups in total. The van der Waals surface area contributed by atoms with E-state index in [0.717, 1.165) is 25.9 Å². The first kappa shape index (κ1) is 11.4. The van der Waals surface area contributed by atoms with Gasteiger partial charge in [0, 0.05) is 12.6 Å². The highest BCUT2D eigenvalue weighted by Gasteiger charge is 2.21. The highest BCUT2D eigenvalue weighted by molar-refractivity contribution is 6.29. The number of nitrogens with zero attached hydrogens (tertiary/aromatic N) is 2. The zero-order chi connectivity index (χ0) is 11.7. The monoisotopic (exact) mass is 243 g/mol. The average Bonchev–Trinajstić information content (AvgIpc) is 2.15. The third kappa shape index (κ3) is 2.20. The summed E-state index contributed by atoms with van der Waals surface area (Å²) in [6, 6.07) is 1.20. The van der Waals surface area contributed by atoms with Crippen LogP contribution in [0.4, 0.5) is 0 Å². The molecule has 1 saturated heterocycles. The fourth-order valence-electron chi connectivity index (χ4n) is 2.17. The van der Waals surface area contributed by atoms with Crippen LogP contribution in [0.1, 0.15) is 18.9 Å². The summed E-state index contributed by atoms with van der Waals surface area (Å²) in [6.45, 7) is 1.74. The molecule has 1 aromatic rings. The summed E-state index contributed by atoms with van der Waals surface area (Å²) in [5.74, 6) is 0. The molecule has 1 aliphatic heterocycles. The van der Waals surface area contributed by atoms with Crippen molar-refractivity contribution in [3.8, 4) is 0 Å². The summed E-state index contributed by atoms with van der Waals surface area (Å²) >= 11 is 5.61. The first-order chi connectivity index (χ1) is 7.58. The van der Waals surface area contributed by atoms with Crippen LogP contribution in [0.5, 0.6) is 0 Å². The minimum absolute atomic E-state index is 0.0488. The van der Waals surface area contributed by atoms with Crippen molar-refractivity contribution >= 4 is 11.6 Å². The standard InChI is InChI=1S/C10H14ClN3O2/c1-13-4-2-3-7(6-13)14-9(15)5-8(11)12-10(14)16/h5,7H,2-4,6H2,1H3,(H,12,16). The van der Waals surface area contributed by atoms with E-state index in [1.54, 1.807) is 0 Å². The maximum atomic E-state index is 11.7. The van der Waals surface area contributed by atoms with Gasteiger partial charge in [-0.25, -0.2) is 4.79 Å². The van der Waals surface area contributed by atoms with Gasteiger partial charge in [-0.15, -0.1) is 0 Å². The number of likely N-dealkylation sites (N-methyl/N-ethyl adjacent to an activating group) is 1. The highest BCUT2D eigenvalue weighted by Crippen LogP contribution is 2.17. The van der Waals surface area contributed by atoms with E-state index in [1.165, 1.54) is 10.6 Å². The van der Waals surface area contributed by atoms with Crippen molar-refractivity contribution in [2.75, 3.05) is 20.1 Å². The van der Waals surface area contributed by atoms with Gasteiger partial charge in [0.15, 0.2) is 0 Å². The lowest BCUT2D eigenvalue weighted by atomic mass is 10.1. The largest absolute Gasteiger partial charge is 0.329 e. The maximum Gasteiger partial charge on any atom is 0.329 e. The molecular formula is C10H14ClN3O2. The molecule has 1 fully saturated rings. The lowest BCUT2D eigenvalue weighted by molar-refractivity contribution is 0.205. The van der Waals surface area contributed by atoms with Crippen molar-refractivity contribution in [1.29, 1.82) is 0 Å². The zero-order valence-corrected chi connectivity index (χ0v) is 9.83. The van der Waals surface area contributed by atoms with Crippen LogP contribution in [0.3, 0.4) is 0 Å². The van der Waals surface area contributed by atoms with Crippen molar-refractivity contribution in [3.05, 3.63) is 32.1 Å². The Kier molecular flexibility index (Phi) is 3.16. The quantitative estimate of drug-likeness (QED) is 0.729. The molecule has 1 aliphatic rings. The molecule has 2 rings (SSSR count). The second-order valence-corrected chi connectivity index (χ2v) is 4.60. The van der Waals surface area contributed by atoms with Crippen LogP contribution in [-0.2, 0) is 0 Å². The van der Waals surface area contributed by atoms with Gasteiger partial charge in [0.1, 0.15) is 5.15 Å². The van der Waals surface area contributed by atoms with Crippen molar-refractivity contribution in [1.82, 2.24) is 14.5 Å². The molecule has 0 aliphatic carbocycles. The van der Waals surface area contributed by atoms with E-state index < -0.39 is 5.69 Å². The normalized spacial score (nSPS) is 22.2. The lowest BCUT2D eigenvalue weighted by Crippen LogP contribution is -2.44. The lowest BCUT2D eigenvalue weighted by Gasteiger charge is -2.30. The Morgan fingerprint density at radius 1 is 1.50 bits per heavy atom. The van der Waals surface area contributed by atoms with Crippen LogP contribution in [0.15, 0.2) is 15.7 Å². The van der Waals surface area contributed by atoms with Crippen LogP contribution in [0.2, 0.25) is 5.15 Å². The van der Waals surface area contributed by atoms with E-state index in [-0.39, 0.29) is 16.8 Å². The smallest absolute Gasteiger partial charge is 0.304 e. The van der Waals surface area contributed by atoms with E-state index in [9.17, 15) is 9.59 Å². The number of halogens is 1. The molecule has 6 heteroatoms. The summed E-state index contributed by atoms with van der Waals surface area (Å²) in [6.07, 6.45) is 1.85. The van der Waals surface area contributed by atoms with Crippen molar-refractivity contribution in [2.45, 2.75) is 18.9 Å². The molecule has 0 radical (unpaired) electrons. The average molecular weight is 244 g/mol.